The Morgan fingerprint density at radius 2 is 2.07 bits per heavy atom. The predicted octanol–water partition coefficient (Wildman–Crippen LogP) is 1.47. The Balaban J connectivity index is 2.26. The number of nitrogens with one attached hydrogen (secondary N) is 2. The minimum Gasteiger partial charge on any atom is -0.493 e. The van der Waals surface area contributed by atoms with Crippen LogP contribution in [0.25, 0.3) is 0 Å². The summed E-state index contributed by atoms with van der Waals surface area (Å²) in [6.07, 6.45) is 0.330. The van der Waals surface area contributed by atoms with E-state index >= 15 is 0 Å². The minimum atomic E-state index is -0.0883. The molecule has 0 aromatic heterocycles. The number of carbonyl (C=O) groups excluding carboxylic acids is 1. The Labute approximate surface area is 97.1 Å². The van der Waals surface area contributed by atoms with Gasteiger partial charge in [-0.1, -0.05) is 15.9 Å². The summed E-state index contributed by atoms with van der Waals surface area (Å²) in [5.41, 5.74) is 5.03. The molecule has 0 saturated carbocycles. The number of hydrogen-bond acceptors (Lipinski definition) is 3. The van der Waals surface area contributed by atoms with Crippen molar-refractivity contribution in [3.8, 4) is 5.75 Å². The molecule has 1 aromatic carbocycles. The Morgan fingerprint density at radius 3 is 2.67 bits per heavy atom. The second kappa shape index (κ2) is 6.42. The summed E-state index contributed by atoms with van der Waals surface area (Å²) in [6, 6.07) is 7.48. The van der Waals surface area contributed by atoms with Crippen LogP contribution in [0.2, 0.25) is 0 Å². The maximum absolute atomic E-state index is 11.0. The van der Waals surface area contributed by atoms with Crippen molar-refractivity contribution in [3.05, 3.63) is 28.7 Å². The Kier molecular flexibility index (Phi) is 5.14. The summed E-state index contributed by atoms with van der Waals surface area (Å²) >= 11 is 3.33. The van der Waals surface area contributed by atoms with Gasteiger partial charge in [0.1, 0.15) is 5.75 Å². The Morgan fingerprint density at radius 1 is 1.40 bits per heavy atom. The van der Waals surface area contributed by atoms with E-state index in [0.29, 0.717) is 13.0 Å². The molecule has 0 aliphatic heterocycles. The van der Waals surface area contributed by atoms with E-state index in [1.807, 2.05) is 24.3 Å². The zero-order valence-electron chi connectivity index (χ0n) is 8.42. The van der Waals surface area contributed by atoms with Gasteiger partial charge in [-0.3, -0.25) is 10.2 Å². The SMILES string of the molecule is CNNC(=O)CCOc1ccc(Br)cc1. The normalized spacial score (nSPS) is 9.73. The molecule has 2 N–H and O–H groups in total. The maximum Gasteiger partial charge on any atom is 0.237 e. The van der Waals surface area contributed by atoms with Gasteiger partial charge in [-0.2, -0.15) is 0 Å². The van der Waals surface area contributed by atoms with Crippen LogP contribution in [-0.2, 0) is 4.79 Å². The zero-order valence-corrected chi connectivity index (χ0v) is 10.0. The zero-order chi connectivity index (χ0) is 11.1. The number of carbonyl (C=O) groups is 1. The van der Waals surface area contributed by atoms with E-state index in [1.54, 1.807) is 7.05 Å². The van der Waals surface area contributed by atoms with Gasteiger partial charge in [-0.15, -0.1) is 0 Å². The van der Waals surface area contributed by atoms with Crippen molar-refractivity contribution in [2.24, 2.45) is 0 Å². The fourth-order valence-electron chi connectivity index (χ4n) is 0.994. The molecule has 15 heavy (non-hydrogen) atoms. The highest BCUT2D eigenvalue weighted by atomic mass is 79.9. The fourth-order valence-corrected chi connectivity index (χ4v) is 1.26. The van der Waals surface area contributed by atoms with Crippen molar-refractivity contribution in [2.45, 2.75) is 6.42 Å². The quantitative estimate of drug-likeness (QED) is 0.799. The second-order valence-corrected chi connectivity index (χ2v) is 3.77. The van der Waals surface area contributed by atoms with Crippen LogP contribution in [0.3, 0.4) is 0 Å². The van der Waals surface area contributed by atoms with E-state index in [0.717, 1.165) is 10.2 Å². The van der Waals surface area contributed by atoms with Gasteiger partial charge in [0, 0.05) is 11.5 Å². The highest BCUT2D eigenvalue weighted by molar-refractivity contribution is 9.10. The Hall–Kier alpha value is -1.07. The van der Waals surface area contributed by atoms with Crippen LogP contribution in [-0.4, -0.2) is 19.6 Å². The van der Waals surface area contributed by atoms with E-state index in [2.05, 4.69) is 26.8 Å². The van der Waals surface area contributed by atoms with Crippen molar-refractivity contribution >= 4 is 21.8 Å². The lowest BCUT2D eigenvalue weighted by atomic mass is 10.3. The molecule has 0 spiro atoms. The lowest BCUT2D eigenvalue weighted by Crippen LogP contribution is -2.34. The smallest absolute Gasteiger partial charge is 0.237 e. The largest absolute Gasteiger partial charge is 0.493 e. The summed E-state index contributed by atoms with van der Waals surface area (Å²) in [6.45, 7) is 0.370. The first-order valence-corrected chi connectivity index (χ1v) is 5.35. The molecule has 4 nitrogen and oxygen atoms in total. The second-order valence-electron chi connectivity index (χ2n) is 2.85. The molecule has 1 aromatic rings. The van der Waals surface area contributed by atoms with Crippen LogP contribution in [0, 0.1) is 0 Å². The number of halogens is 1. The highest BCUT2D eigenvalue weighted by Gasteiger charge is 1.99. The summed E-state index contributed by atoms with van der Waals surface area (Å²) in [4.78, 5) is 11.0. The van der Waals surface area contributed by atoms with Gasteiger partial charge in [-0.05, 0) is 24.3 Å². The molecule has 0 bridgehead atoms. The summed E-state index contributed by atoms with van der Waals surface area (Å²) < 4.78 is 6.37. The average Bonchev–Trinajstić information content (AvgIpc) is 2.21. The summed E-state index contributed by atoms with van der Waals surface area (Å²) in [7, 11) is 1.65. The standard InChI is InChI=1S/C10H13BrN2O2/c1-12-13-10(14)6-7-15-9-4-2-8(11)3-5-9/h2-5,12H,6-7H2,1H3,(H,13,14). The van der Waals surface area contributed by atoms with Crippen LogP contribution >= 0.6 is 15.9 Å². The minimum absolute atomic E-state index is 0.0883. The van der Waals surface area contributed by atoms with Gasteiger partial charge in [0.05, 0.1) is 13.0 Å². The molecule has 82 valence electrons. The number of amides is 1. The fraction of sp³-hybridized carbons (Fsp3) is 0.300. The Bertz CT molecular complexity index is 314. The van der Waals surface area contributed by atoms with E-state index < -0.39 is 0 Å². The molecule has 0 aliphatic rings. The maximum atomic E-state index is 11.0. The van der Waals surface area contributed by atoms with Crippen LogP contribution in [0.4, 0.5) is 0 Å². The van der Waals surface area contributed by atoms with Crippen LogP contribution in [0.1, 0.15) is 6.42 Å². The van der Waals surface area contributed by atoms with Crippen LogP contribution in [0.15, 0.2) is 28.7 Å². The van der Waals surface area contributed by atoms with Crippen molar-refractivity contribution in [2.75, 3.05) is 13.7 Å². The first kappa shape index (κ1) is 12.0. The third-order valence-electron chi connectivity index (χ3n) is 1.68. The molecule has 0 unspecified atom stereocenters. The molecule has 0 atom stereocenters. The third-order valence-corrected chi connectivity index (χ3v) is 2.20. The van der Waals surface area contributed by atoms with Crippen molar-refractivity contribution in [3.63, 3.8) is 0 Å². The van der Waals surface area contributed by atoms with Gasteiger partial charge in [0.25, 0.3) is 0 Å². The topological polar surface area (TPSA) is 50.4 Å². The number of hydrogen-bond donors (Lipinski definition) is 2. The monoisotopic (exact) mass is 272 g/mol. The van der Waals surface area contributed by atoms with E-state index in [4.69, 9.17) is 4.74 Å². The van der Waals surface area contributed by atoms with Crippen molar-refractivity contribution in [1.82, 2.24) is 10.9 Å². The van der Waals surface area contributed by atoms with Gasteiger partial charge in [0.15, 0.2) is 0 Å². The van der Waals surface area contributed by atoms with E-state index in [9.17, 15) is 4.79 Å². The molecular weight excluding hydrogens is 260 g/mol. The number of hydrazine groups is 1. The molecule has 0 heterocycles. The third kappa shape index (κ3) is 4.80. The average molecular weight is 273 g/mol. The summed E-state index contributed by atoms with van der Waals surface area (Å²) in [5, 5.41) is 0. The number of ether oxygens (including phenoxy) is 1. The number of rotatable bonds is 5. The van der Waals surface area contributed by atoms with Gasteiger partial charge in [0.2, 0.25) is 5.91 Å². The molecule has 5 heteroatoms. The van der Waals surface area contributed by atoms with Crippen LogP contribution in [0.5, 0.6) is 5.75 Å². The summed E-state index contributed by atoms with van der Waals surface area (Å²) in [5.74, 6) is 0.671. The first-order chi connectivity index (χ1) is 7.22. The van der Waals surface area contributed by atoms with Gasteiger partial charge >= 0.3 is 0 Å². The number of benzene rings is 1. The molecule has 0 saturated heterocycles. The predicted molar refractivity (Wildman–Crippen MR) is 61.5 cm³/mol. The van der Waals surface area contributed by atoms with Gasteiger partial charge in [-0.25, -0.2) is 5.43 Å². The molecule has 1 amide bonds. The molecular formula is C10H13BrN2O2. The lowest BCUT2D eigenvalue weighted by molar-refractivity contribution is -0.122. The van der Waals surface area contributed by atoms with E-state index in [-0.39, 0.29) is 5.91 Å². The van der Waals surface area contributed by atoms with Crippen LogP contribution < -0.4 is 15.6 Å². The molecule has 0 fully saturated rings. The lowest BCUT2D eigenvalue weighted by Gasteiger charge is -2.06. The molecule has 1 rings (SSSR count). The molecule has 0 aliphatic carbocycles. The first-order valence-electron chi connectivity index (χ1n) is 4.56. The molecule has 0 radical (unpaired) electrons. The van der Waals surface area contributed by atoms with Crippen molar-refractivity contribution in [1.29, 1.82) is 0 Å². The van der Waals surface area contributed by atoms with E-state index in [1.165, 1.54) is 0 Å². The van der Waals surface area contributed by atoms with Crippen molar-refractivity contribution < 1.29 is 9.53 Å². The van der Waals surface area contributed by atoms with Gasteiger partial charge < -0.3 is 4.74 Å². The highest BCUT2D eigenvalue weighted by Crippen LogP contribution is 2.15.